The summed E-state index contributed by atoms with van der Waals surface area (Å²) in [7, 11) is 0. The van der Waals surface area contributed by atoms with E-state index in [2.05, 4.69) is 16.0 Å². The standard InChI is InChI=1S/C35H41N3O6/c1-24(22-39)36-32(40)21-28-15-7-2-3-8-16-29(19-25-11-5-4-6-12-25)35(43)44-23-31(38-33(28)41)34(42)37-30-18-17-26-13-9-10-14-27(26)20-30/h2,4-7,9-14,17-18,20,24,28-29,31,39H,3,8,15-16,19,21-23H2,1H3,(H,36,40)(H,37,42)(H,38,41). The van der Waals surface area contributed by atoms with Gasteiger partial charge in [0.25, 0.3) is 5.91 Å². The second-order valence-electron chi connectivity index (χ2n) is 11.3. The fraction of sp³-hybridized carbons (Fsp3) is 0.371. The van der Waals surface area contributed by atoms with Crippen LogP contribution in [-0.4, -0.2) is 54.1 Å². The van der Waals surface area contributed by atoms with Crippen LogP contribution in [0.2, 0.25) is 0 Å². The first-order chi connectivity index (χ1) is 21.3. The minimum atomic E-state index is -1.19. The van der Waals surface area contributed by atoms with Gasteiger partial charge in [-0.05, 0) is 67.5 Å². The number of benzene rings is 3. The summed E-state index contributed by atoms with van der Waals surface area (Å²) < 4.78 is 5.71. The number of cyclic esters (lactones) is 1. The maximum Gasteiger partial charge on any atom is 0.309 e. The summed E-state index contributed by atoms with van der Waals surface area (Å²) in [4.78, 5) is 53.0. The lowest BCUT2D eigenvalue weighted by Gasteiger charge is -2.24. The topological polar surface area (TPSA) is 134 Å². The van der Waals surface area contributed by atoms with Gasteiger partial charge in [-0.3, -0.25) is 19.2 Å². The Morgan fingerprint density at radius 1 is 0.977 bits per heavy atom. The first-order valence-corrected chi connectivity index (χ1v) is 15.2. The molecule has 9 heteroatoms. The normalized spacial score (nSPS) is 20.5. The number of fused-ring (bicyclic) bond motifs is 1. The third kappa shape index (κ3) is 9.77. The lowest BCUT2D eigenvalue weighted by Crippen LogP contribution is -2.50. The molecule has 0 spiro atoms. The number of carbonyl (C=O) groups is 4. The summed E-state index contributed by atoms with van der Waals surface area (Å²) in [5.41, 5.74) is 1.55. The van der Waals surface area contributed by atoms with E-state index in [9.17, 15) is 24.3 Å². The summed E-state index contributed by atoms with van der Waals surface area (Å²) in [6, 6.07) is 21.3. The second-order valence-corrected chi connectivity index (χ2v) is 11.3. The Labute approximate surface area is 258 Å². The molecule has 4 unspecified atom stereocenters. The van der Waals surface area contributed by atoms with Crippen LogP contribution >= 0.6 is 0 Å². The molecule has 4 N–H and O–H groups in total. The van der Waals surface area contributed by atoms with Gasteiger partial charge >= 0.3 is 5.97 Å². The maximum absolute atomic E-state index is 13.5. The van der Waals surface area contributed by atoms with E-state index >= 15 is 0 Å². The third-order valence-corrected chi connectivity index (χ3v) is 7.69. The Kier molecular flexibility index (Phi) is 12.1. The Morgan fingerprint density at radius 2 is 1.73 bits per heavy atom. The molecule has 232 valence electrons. The zero-order chi connectivity index (χ0) is 31.3. The average Bonchev–Trinajstić information content (AvgIpc) is 3.03. The molecule has 0 bridgehead atoms. The van der Waals surface area contributed by atoms with Crippen LogP contribution in [0.25, 0.3) is 10.8 Å². The van der Waals surface area contributed by atoms with E-state index < -0.39 is 41.7 Å². The van der Waals surface area contributed by atoms with E-state index in [1.807, 2.05) is 78.9 Å². The van der Waals surface area contributed by atoms with Crippen molar-refractivity contribution in [1.29, 1.82) is 0 Å². The Morgan fingerprint density at radius 3 is 2.50 bits per heavy atom. The quantitative estimate of drug-likeness (QED) is 0.225. The molecule has 0 saturated heterocycles. The SMILES string of the molecule is CC(CO)NC(=O)CC1CC=CCCCC(Cc2ccccc2)C(=O)OCC(C(=O)Nc2ccc3ccccc3c2)NC1=O. The number of nitrogens with one attached hydrogen (secondary N) is 3. The zero-order valence-corrected chi connectivity index (χ0v) is 25.0. The van der Waals surface area contributed by atoms with E-state index in [-0.39, 0.29) is 25.5 Å². The van der Waals surface area contributed by atoms with Gasteiger partial charge in [0.2, 0.25) is 11.8 Å². The van der Waals surface area contributed by atoms with Crippen molar-refractivity contribution in [3.8, 4) is 0 Å². The molecule has 0 saturated carbocycles. The molecular weight excluding hydrogens is 558 g/mol. The van der Waals surface area contributed by atoms with Crippen molar-refractivity contribution < 1.29 is 29.0 Å². The highest BCUT2D eigenvalue weighted by Crippen LogP contribution is 2.21. The molecule has 1 aliphatic heterocycles. The number of carbonyl (C=O) groups excluding carboxylic acids is 4. The number of ether oxygens (including phenoxy) is 1. The average molecular weight is 600 g/mol. The summed E-state index contributed by atoms with van der Waals surface area (Å²) in [5, 5.41) is 19.5. The number of esters is 1. The molecular formula is C35H41N3O6. The molecule has 1 heterocycles. The zero-order valence-electron chi connectivity index (χ0n) is 25.0. The van der Waals surface area contributed by atoms with Crippen LogP contribution in [0.15, 0.2) is 84.9 Å². The van der Waals surface area contributed by atoms with Gasteiger partial charge in [-0.2, -0.15) is 0 Å². The first-order valence-electron chi connectivity index (χ1n) is 15.2. The Bertz CT molecular complexity index is 1460. The van der Waals surface area contributed by atoms with Gasteiger partial charge in [0, 0.05) is 18.2 Å². The fourth-order valence-corrected chi connectivity index (χ4v) is 5.20. The minimum absolute atomic E-state index is 0.127. The molecule has 0 radical (unpaired) electrons. The molecule has 1 aliphatic rings. The Balaban J connectivity index is 1.55. The van der Waals surface area contributed by atoms with Crippen molar-refractivity contribution in [3.63, 3.8) is 0 Å². The molecule has 3 amide bonds. The lowest BCUT2D eigenvalue weighted by molar-refractivity contribution is -0.151. The number of rotatable bonds is 8. The highest BCUT2D eigenvalue weighted by molar-refractivity contribution is 5.99. The molecule has 3 aromatic carbocycles. The number of aliphatic hydroxyl groups excluding tert-OH is 1. The Hall–Kier alpha value is -4.50. The number of aliphatic hydroxyl groups is 1. The van der Waals surface area contributed by atoms with Gasteiger partial charge in [-0.1, -0.05) is 72.8 Å². The van der Waals surface area contributed by atoms with Crippen molar-refractivity contribution in [2.24, 2.45) is 11.8 Å². The number of anilines is 1. The minimum Gasteiger partial charge on any atom is -0.463 e. The van der Waals surface area contributed by atoms with E-state index in [4.69, 9.17) is 4.74 Å². The van der Waals surface area contributed by atoms with Crippen molar-refractivity contribution in [1.82, 2.24) is 10.6 Å². The van der Waals surface area contributed by atoms with Gasteiger partial charge in [-0.25, -0.2) is 0 Å². The molecule has 3 aromatic rings. The number of hydrogen-bond donors (Lipinski definition) is 4. The molecule has 9 nitrogen and oxygen atoms in total. The molecule has 4 rings (SSSR count). The molecule has 0 aliphatic carbocycles. The largest absolute Gasteiger partial charge is 0.463 e. The highest BCUT2D eigenvalue weighted by atomic mass is 16.5. The van der Waals surface area contributed by atoms with Gasteiger partial charge in [0.15, 0.2) is 0 Å². The number of hydrogen-bond acceptors (Lipinski definition) is 6. The van der Waals surface area contributed by atoms with Crippen LogP contribution in [0.4, 0.5) is 5.69 Å². The predicted molar refractivity (Wildman–Crippen MR) is 170 cm³/mol. The van der Waals surface area contributed by atoms with Crippen LogP contribution in [0.1, 0.15) is 44.6 Å². The fourth-order valence-electron chi connectivity index (χ4n) is 5.20. The van der Waals surface area contributed by atoms with E-state index in [1.54, 1.807) is 13.0 Å². The van der Waals surface area contributed by atoms with E-state index in [1.165, 1.54) is 0 Å². The van der Waals surface area contributed by atoms with Crippen molar-refractivity contribution in [3.05, 3.63) is 90.5 Å². The third-order valence-electron chi connectivity index (χ3n) is 7.69. The van der Waals surface area contributed by atoms with Crippen LogP contribution < -0.4 is 16.0 Å². The second kappa shape index (κ2) is 16.4. The van der Waals surface area contributed by atoms with Gasteiger partial charge in [0.05, 0.1) is 18.4 Å². The highest BCUT2D eigenvalue weighted by Gasteiger charge is 2.30. The predicted octanol–water partition coefficient (Wildman–Crippen LogP) is 4.30. The van der Waals surface area contributed by atoms with Crippen molar-refractivity contribution >= 4 is 40.2 Å². The van der Waals surface area contributed by atoms with Crippen LogP contribution in [0.3, 0.4) is 0 Å². The van der Waals surface area contributed by atoms with Gasteiger partial charge in [-0.15, -0.1) is 0 Å². The monoisotopic (exact) mass is 599 g/mol. The number of amides is 3. The van der Waals surface area contributed by atoms with Crippen molar-refractivity contribution in [2.75, 3.05) is 18.5 Å². The molecule has 0 aromatic heterocycles. The van der Waals surface area contributed by atoms with Crippen LogP contribution in [0.5, 0.6) is 0 Å². The van der Waals surface area contributed by atoms with Gasteiger partial charge in [0.1, 0.15) is 12.6 Å². The molecule has 0 fully saturated rings. The maximum atomic E-state index is 13.5. The van der Waals surface area contributed by atoms with E-state index in [0.29, 0.717) is 31.4 Å². The van der Waals surface area contributed by atoms with Gasteiger partial charge < -0.3 is 25.8 Å². The van der Waals surface area contributed by atoms with Crippen LogP contribution in [-0.2, 0) is 30.3 Å². The number of allylic oxidation sites excluding steroid dienone is 2. The molecule has 44 heavy (non-hydrogen) atoms. The summed E-state index contributed by atoms with van der Waals surface area (Å²) in [6.45, 7) is 1.08. The summed E-state index contributed by atoms with van der Waals surface area (Å²) in [5.74, 6) is -3.03. The first kappa shape index (κ1) is 32.4. The summed E-state index contributed by atoms with van der Waals surface area (Å²) in [6.07, 6.45) is 6.54. The van der Waals surface area contributed by atoms with E-state index in [0.717, 1.165) is 22.8 Å². The van der Waals surface area contributed by atoms with Crippen LogP contribution in [0, 0.1) is 11.8 Å². The smallest absolute Gasteiger partial charge is 0.309 e. The molecule has 4 atom stereocenters. The van der Waals surface area contributed by atoms with Crippen molar-refractivity contribution in [2.45, 2.75) is 57.5 Å². The summed E-state index contributed by atoms with van der Waals surface area (Å²) >= 11 is 0. The lowest BCUT2D eigenvalue weighted by atomic mass is 9.93.